The number of aromatic nitrogens is 1. The molecule has 0 aliphatic carbocycles. The minimum Gasteiger partial charge on any atom is -0.475 e. The molecule has 9 nitrogen and oxygen atoms in total. The maximum atomic E-state index is 13.3. The summed E-state index contributed by atoms with van der Waals surface area (Å²) in [5, 5.41) is 11.1. The Bertz CT molecular complexity index is 1430. The molecule has 1 fully saturated rings. The number of aliphatic carboxylic acids is 1. The molecule has 0 radical (unpaired) electrons. The summed E-state index contributed by atoms with van der Waals surface area (Å²) in [6, 6.07) is 8.06. The number of carboxylic acids is 1. The number of fused-ring (bicyclic) bond motifs is 1. The number of hydrogen-bond acceptors (Lipinski definition) is 7. The fraction of sp³-hybridized carbons (Fsp3) is 0.462. The summed E-state index contributed by atoms with van der Waals surface area (Å²) in [5.74, 6) is -2.69. The topological polar surface area (TPSA) is 125 Å². The number of hydrogen-bond donors (Lipinski definition) is 3. The van der Waals surface area contributed by atoms with Crippen molar-refractivity contribution in [1.29, 1.82) is 0 Å². The molecule has 4 rings (SSSR count). The first kappa shape index (κ1) is 33.1. The van der Waals surface area contributed by atoms with Crippen LogP contribution in [-0.2, 0) is 14.8 Å². The van der Waals surface area contributed by atoms with Crippen LogP contribution in [0.1, 0.15) is 38.0 Å². The molecule has 1 aromatic carbocycles. The second-order valence-electron chi connectivity index (χ2n) is 9.77. The molecule has 0 bridgehead atoms. The average Bonchev–Trinajstić information content (AvgIpc) is 3.61. The molecule has 42 heavy (non-hydrogen) atoms. The van der Waals surface area contributed by atoms with Gasteiger partial charge in [-0.2, -0.15) is 26.3 Å². The fourth-order valence-corrected chi connectivity index (χ4v) is 5.76. The third-order valence-electron chi connectivity index (χ3n) is 6.45. The lowest BCUT2D eigenvalue weighted by Crippen LogP contribution is -2.36. The number of benzene rings is 1. The molecule has 16 heteroatoms. The van der Waals surface area contributed by atoms with Crippen molar-refractivity contribution >= 4 is 32.5 Å². The van der Waals surface area contributed by atoms with Crippen LogP contribution in [0.4, 0.5) is 32.0 Å². The highest BCUT2D eigenvalue weighted by molar-refractivity contribution is 7.89. The normalized spacial score (nSPS) is 16.1. The van der Waals surface area contributed by atoms with Gasteiger partial charge in [0.1, 0.15) is 5.76 Å². The van der Waals surface area contributed by atoms with Gasteiger partial charge in [-0.15, -0.1) is 0 Å². The van der Waals surface area contributed by atoms with Gasteiger partial charge in [0.2, 0.25) is 10.0 Å². The summed E-state index contributed by atoms with van der Waals surface area (Å²) in [4.78, 5) is 15.3. The number of carbonyl (C=O) groups is 1. The van der Waals surface area contributed by atoms with Gasteiger partial charge in [0, 0.05) is 48.4 Å². The van der Waals surface area contributed by atoms with Crippen molar-refractivity contribution in [3.63, 3.8) is 0 Å². The molecule has 2 aromatic heterocycles. The Kier molecular flexibility index (Phi) is 10.8. The van der Waals surface area contributed by atoms with Gasteiger partial charge >= 0.3 is 18.3 Å². The van der Waals surface area contributed by atoms with Gasteiger partial charge in [-0.05, 0) is 62.2 Å². The van der Waals surface area contributed by atoms with E-state index in [4.69, 9.17) is 14.3 Å². The number of likely N-dealkylation sites (tertiary alicyclic amines) is 1. The highest BCUT2D eigenvalue weighted by Gasteiger charge is 2.38. The van der Waals surface area contributed by atoms with Gasteiger partial charge in [-0.25, -0.2) is 17.9 Å². The quantitative estimate of drug-likeness (QED) is 0.250. The Morgan fingerprint density at radius 3 is 2.31 bits per heavy atom. The SMILES string of the molecule is CC(CNc1ccc(S(=O)(=O)NCC(c2ccco2)N2CCCC2)c2ccncc12)CC(F)(F)F.O=C(O)C(F)(F)F. The third kappa shape index (κ3) is 9.32. The molecule has 2 unspecified atom stereocenters. The van der Waals surface area contributed by atoms with Gasteiger partial charge < -0.3 is 14.8 Å². The number of carboxylic acid groups (broad SMARTS) is 1. The van der Waals surface area contributed by atoms with Crippen molar-refractivity contribution in [1.82, 2.24) is 14.6 Å². The number of alkyl halides is 6. The van der Waals surface area contributed by atoms with E-state index in [-0.39, 0.29) is 24.0 Å². The smallest absolute Gasteiger partial charge is 0.475 e. The largest absolute Gasteiger partial charge is 0.490 e. The highest BCUT2D eigenvalue weighted by atomic mass is 32.2. The van der Waals surface area contributed by atoms with Gasteiger partial charge in [-0.1, -0.05) is 6.92 Å². The molecule has 0 amide bonds. The number of halogens is 6. The lowest BCUT2D eigenvalue weighted by Gasteiger charge is -2.26. The number of furan rings is 1. The van der Waals surface area contributed by atoms with E-state index in [2.05, 4.69) is 19.9 Å². The summed E-state index contributed by atoms with van der Waals surface area (Å²) < 4.78 is 105. The van der Waals surface area contributed by atoms with Crippen LogP contribution in [0.3, 0.4) is 0 Å². The molecular formula is C26H30F6N4O5S. The molecule has 2 atom stereocenters. The Morgan fingerprint density at radius 1 is 1.07 bits per heavy atom. The van der Waals surface area contributed by atoms with E-state index in [0.29, 0.717) is 22.2 Å². The highest BCUT2D eigenvalue weighted by Crippen LogP contribution is 2.31. The summed E-state index contributed by atoms with van der Waals surface area (Å²) >= 11 is 0. The van der Waals surface area contributed by atoms with Crippen LogP contribution in [0, 0.1) is 5.92 Å². The molecule has 3 N–H and O–H groups in total. The predicted molar refractivity (Wildman–Crippen MR) is 141 cm³/mol. The van der Waals surface area contributed by atoms with Crippen LogP contribution in [0.15, 0.2) is 58.3 Å². The number of rotatable bonds is 10. The van der Waals surface area contributed by atoms with Crippen molar-refractivity contribution in [3.05, 3.63) is 54.7 Å². The molecule has 0 spiro atoms. The van der Waals surface area contributed by atoms with E-state index >= 15 is 0 Å². The van der Waals surface area contributed by atoms with Crippen molar-refractivity contribution in [2.45, 2.75) is 49.5 Å². The van der Waals surface area contributed by atoms with E-state index < -0.39 is 40.7 Å². The zero-order valence-electron chi connectivity index (χ0n) is 22.4. The monoisotopic (exact) mass is 624 g/mol. The van der Waals surface area contributed by atoms with Crippen LogP contribution in [0.5, 0.6) is 0 Å². The summed E-state index contributed by atoms with van der Waals surface area (Å²) in [6.07, 6.45) is -3.53. The summed E-state index contributed by atoms with van der Waals surface area (Å²) in [6.45, 7) is 3.50. The number of nitrogens with one attached hydrogen (secondary N) is 2. The van der Waals surface area contributed by atoms with E-state index in [1.54, 1.807) is 24.5 Å². The standard InChI is InChI=1S/C24H29F3N4O3S.C2HF3O2/c1-17(13-24(25,26)27)14-29-20-6-7-23(18-8-9-28-15-19(18)20)35(32,33)30-16-21(22-5-4-12-34-22)31-10-2-3-11-31;3-2(4,5)1(6)7/h4-9,12,15,17,21,29-30H,2-3,10-11,13-14,16H2,1H3;(H,6,7). The Morgan fingerprint density at radius 2 is 1.74 bits per heavy atom. The van der Waals surface area contributed by atoms with Crippen LogP contribution in [0.25, 0.3) is 10.8 Å². The van der Waals surface area contributed by atoms with Crippen LogP contribution >= 0.6 is 0 Å². The van der Waals surface area contributed by atoms with E-state index in [0.717, 1.165) is 25.9 Å². The molecule has 1 aliphatic rings. The molecular weight excluding hydrogens is 594 g/mol. The predicted octanol–water partition coefficient (Wildman–Crippen LogP) is 5.58. The van der Waals surface area contributed by atoms with Crippen LogP contribution < -0.4 is 10.0 Å². The fourth-order valence-electron chi connectivity index (χ4n) is 4.51. The Labute approximate surface area is 237 Å². The number of sulfonamides is 1. The minimum absolute atomic E-state index is 0.0865. The summed E-state index contributed by atoms with van der Waals surface area (Å²) in [7, 11) is -3.90. The van der Waals surface area contributed by atoms with Crippen LogP contribution in [-0.4, -0.2) is 67.9 Å². The molecule has 3 aromatic rings. The maximum Gasteiger partial charge on any atom is 0.490 e. The van der Waals surface area contributed by atoms with Crippen molar-refractivity contribution < 1.29 is 49.1 Å². The first-order valence-corrected chi connectivity index (χ1v) is 14.3. The van der Waals surface area contributed by atoms with Gasteiger partial charge in [0.05, 0.1) is 17.2 Å². The Balaban J connectivity index is 0.000000616. The van der Waals surface area contributed by atoms with E-state index in [9.17, 15) is 34.8 Å². The van der Waals surface area contributed by atoms with Gasteiger partial charge in [0.15, 0.2) is 0 Å². The molecule has 0 saturated carbocycles. The number of nitrogens with zero attached hydrogens (tertiary/aromatic N) is 2. The zero-order chi connectivity index (χ0) is 31.1. The number of anilines is 1. The second-order valence-corrected chi connectivity index (χ2v) is 11.5. The van der Waals surface area contributed by atoms with Crippen molar-refractivity contribution in [2.75, 3.05) is 31.5 Å². The lowest BCUT2D eigenvalue weighted by atomic mass is 10.1. The zero-order valence-corrected chi connectivity index (χ0v) is 23.2. The first-order valence-electron chi connectivity index (χ1n) is 12.8. The third-order valence-corrected chi connectivity index (χ3v) is 7.93. The van der Waals surface area contributed by atoms with E-state index in [1.807, 2.05) is 6.07 Å². The second kappa shape index (κ2) is 13.7. The molecule has 1 aliphatic heterocycles. The molecule has 1 saturated heterocycles. The van der Waals surface area contributed by atoms with Crippen molar-refractivity contribution in [2.24, 2.45) is 5.92 Å². The lowest BCUT2D eigenvalue weighted by molar-refractivity contribution is -0.192. The summed E-state index contributed by atoms with van der Waals surface area (Å²) in [5.41, 5.74) is 0.534. The molecule has 3 heterocycles. The van der Waals surface area contributed by atoms with Crippen molar-refractivity contribution in [3.8, 4) is 0 Å². The Hall–Kier alpha value is -3.37. The maximum absolute atomic E-state index is 13.3. The van der Waals surface area contributed by atoms with E-state index in [1.165, 1.54) is 25.4 Å². The average molecular weight is 625 g/mol. The molecule has 232 valence electrons. The van der Waals surface area contributed by atoms with Crippen LogP contribution in [0.2, 0.25) is 0 Å². The van der Waals surface area contributed by atoms with Gasteiger partial charge in [0.25, 0.3) is 0 Å². The minimum atomic E-state index is -5.08. The first-order chi connectivity index (χ1) is 19.6. The van der Waals surface area contributed by atoms with Gasteiger partial charge in [-0.3, -0.25) is 9.88 Å². The number of pyridine rings is 1.